The average molecular weight is 500 g/mol. The number of ether oxygens (including phenoxy) is 4. The van der Waals surface area contributed by atoms with Crippen LogP contribution in [0.4, 0.5) is 0 Å². The summed E-state index contributed by atoms with van der Waals surface area (Å²) in [6.07, 6.45) is 2.65. The molecule has 37 heavy (non-hydrogen) atoms. The van der Waals surface area contributed by atoms with Crippen molar-refractivity contribution >= 4 is 11.9 Å². The van der Waals surface area contributed by atoms with Crippen LogP contribution in [0, 0.1) is 6.92 Å². The van der Waals surface area contributed by atoms with Crippen molar-refractivity contribution in [3.05, 3.63) is 87.7 Å². The number of carbonyl (C=O) groups excluding carboxylic acids is 1. The van der Waals surface area contributed by atoms with Gasteiger partial charge in [0.1, 0.15) is 18.2 Å². The summed E-state index contributed by atoms with van der Waals surface area (Å²) in [6, 6.07) is 16.2. The van der Waals surface area contributed by atoms with E-state index in [0.717, 1.165) is 46.7 Å². The Balaban J connectivity index is 1.35. The van der Waals surface area contributed by atoms with Crippen LogP contribution in [0.5, 0.6) is 23.0 Å². The molecule has 3 aromatic carbocycles. The molecule has 0 fully saturated rings. The summed E-state index contributed by atoms with van der Waals surface area (Å²) in [7, 11) is 3.28. The van der Waals surface area contributed by atoms with E-state index in [-0.39, 0.29) is 5.78 Å². The number of Topliss-reactive ketones (excluding diaryl/α,β-unsaturated/α-hetero) is 1. The quantitative estimate of drug-likeness (QED) is 0.364. The largest absolute Gasteiger partial charge is 0.493 e. The number of hydrogen-bond acceptors (Lipinski definition) is 6. The number of allylic oxidation sites excluding steroid dienone is 1. The SMILES string of the molecule is COc1ccc(CCN2COc3cc(C)c4c(c3C2)O/C(=C/c2ccc(C(C)C)cc2)C4=O)cc1OC. The number of rotatable bonds is 7. The Morgan fingerprint density at radius 1 is 1.03 bits per heavy atom. The maximum Gasteiger partial charge on any atom is 0.232 e. The van der Waals surface area contributed by atoms with Crippen molar-refractivity contribution in [2.24, 2.45) is 0 Å². The normalized spacial score (nSPS) is 15.8. The molecule has 0 aliphatic carbocycles. The number of fused-ring (bicyclic) bond motifs is 3. The molecule has 0 bridgehead atoms. The number of benzene rings is 3. The molecule has 3 aromatic rings. The fourth-order valence-electron chi connectivity index (χ4n) is 4.87. The molecule has 5 rings (SSSR count). The fourth-order valence-corrected chi connectivity index (χ4v) is 4.87. The van der Waals surface area contributed by atoms with Crippen molar-refractivity contribution in [3.8, 4) is 23.0 Å². The molecule has 6 heteroatoms. The van der Waals surface area contributed by atoms with Crippen LogP contribution in [-0.2, 0) is 13.0 Å². The molecule has 0 saturated carbocycles. The molecule has 0 aromatic heterocycles. The van der Waals surface area contributed by atoms with E-state index in [1.54, 1.807) is 14.2 Å². The van der Waals surface area contributed by atoms with E-state index in [4.69, 9.17) is 18.9 Å². The van der Waals surface area contributed by atoms with Crippen molar-refractivity contribution in [2.75, 3.05) is 27.5 Å². The van der Waals surface area contributed by atoms with E-state index in [9.17, 15) is 4.79 Å². The molecule has 192 valence electrons. The highest BCUT2D eigenvalue weighted by atomic mass is 16.5. The minimum Gasteiger partial charge on any atom is -0.493 e. The molecule has 2 heterocycles. The molecule has 0 N–H and O–H groups in total. The second-order valence-electron chi connectivity index (χ2n) is 9.90. The highest BCUT2D eigenvalue weighted by Crippen LogP contribution is 2.44. The highest BCUT2D eigenvalue weighted by molar-refractivity contribution is 6.15. The lowest BCUT2D eigenvalue weighted by Crippen LogP contribution is -2.34. The van der Waals surface area contributed by atoms with Gasteiger partial charge in [0.25, 0.3) is 0 Å². The molecule has 2 aliphatic heterocycles. The van der Waals surface area contributed by atoms with E-state index in [1.165, 1.54) is 5.56 Å². The number of ketones is 1. The van der Waals surface area contributed by atoms with Crippen LogP contribution >= 0.6 is 0 Å². The summed E-state index contributed by atoms with van der Waals surface area (Å²) in [5, 5.41) is 0. The van der Waals surface area contributed by atoms with Crippen molar-refractivity contribution in [1.82, 2.24) is 4.90 Å². The van der Waals surface area contributed by atoms with E-state index in [2.05, 4.69) is 30.9 Å². The van der Waals surface area contributed by atoms with Crippen LogP contribution in [0.3, 0.4) is 0 Å². The Kier molecular flexibility index (Phi) is 6.94. The predicted octanol–water partition coefficient (Wildman–Crippen LogP) is 6.15. The topological polar surface area (TPSA) is 57.2 Å². The summed E-state index contributed by atoms with van der Waals surface area (Å²) >= 11 is 0. The van der Waals surface area contributed by atoms with E-state index in [0.29, 0.717) is 42.0 Å². The molecular formula is C31H33NO5. The Hall–Kier alpha value is -3.77. The van der Waals surface area contributed by atoms with Crippen LogP contribution in [0.25, 0.3) is 6.08 Å². The van der Waals surface area contributed by atoms with Gasteiger partial charge in [0.15, 0.2) is 17.3 Å². The highest BCUT2D eigenvalue weighted by Gasteiger charge is 2.35. The van der Waals surface area contributed by atoms with Crippen LogP contribution < -0.4 is 18.9 Å². The van der Waals surface area contributed by atoms with Crippen molar-refractivity contribution < 1.29 is 23.7 Å². The molecule has 0 radical (unpaired) electrons. The second kappa shape index (κ2) is 10.3. The third-order valence-electron chi connectivity index (χ3n) is 7.05. The zero-order chi connectivity index (χ0) is 26.1. The van der Waals surface area contributed by atoms with Gasteiger partial charge in [-0.15, -0.1) is 0 Å². The lowest BCUT2D eigenvalue weighted by atomic mass is 9.98. The number of hydrogen-bond donors (Lipinski definition) is 0. The van der Waals surface area contributed by atoms with Crippen molar-refractivity contribution in [1.29, 1.82) is 0 Å². The van der Waals surface area contributed by atoms with Gasteiger partial charge in [0.05, 0.1) is 25.3 Å². The van der Waals surface area contributed by atoms with E-state index in [1.807, 2.05) is 49.4 Å². The van der Waals surface area contributed by atoms with Gasteiger partial charge in [-0.3, -0.25) is 9.69 Å². The first kappa shape index (κ1) is 24.9. The van der Waals surface area contributed by atoms with Crippen LogP contribution in [0.1, 0.15) is 57.9 Å². The lowest BCUT2D eigenvalue weighted by molar-refractivity contribution is 0.0949. The lowest BCUT2D eigenvalue weighted by Gasteiger charge is -2.30. The number of nitrogens with zero attached hydrogens (tertiary/aromatic N) is 1. The van der Waals surface area contributed by atoms with Gasteiger partial charge in [-0.25, -0.2) is 0 Å². The molecular weight excluding hydrogens is 466 g/mol. The molecule has 0 spiro atoms. The summed E-state index contributed by atoms with van der Waals surface area (Å²) in [5.74, 6) is 3.58. The third kappa shape index (κ3) is 4.94. The summed E-state index contributed by atoms with van der Waals surface area (Å²) < 4.78 is 23.1. The first-order valence-electron chi connectivity index (χ1n) is 12.6. The molecule has 0 unspecified atom stereocenters. The van der Waals surface area contributed by atoms with Crippen molar-refractivity contribution in [3.63, 3.8) is 0 Å². The van der Waals surface area contributed by atoms with Gasteiger partial charge in [0.2, 0.25) is 5.78 Å². The first-order chi connectivity index (χ1) is 17.9. The minimum atomic E-state index is -0.0781. The number of aryl methyl sites for hydroxylation is 1. The van der Waals surface area contributed by atoms with E-state index < -0.39 is 0 Å². The average Bonchev–Trinajstić information content (AvgIpc) is 3.24. The van der Waals surface area contributed by atoms with Gasteiger partial charge in [-0.2, -0.15) is 0 Å². The minimum absolute atomic E-state index is 0.0781. The van der Waals surface area contributed by atoms with Gasteiger partial charge < -0.3 is 18.9 Å². The zero-order valence-corrected chi connectivity index (χ0v) is 22.1. The standard InChI is InChI=1S/C31H33NO5/c1-19(2)23-9-6-21(7-10-23)16-28-30(33)29-20(3)14-26-24(31(29)37-28)17-32(18-36-26)13-12-22-8-11-25(34-4)27(15-22)35-5/h6-11,14-16,19H,12-13,17-18H2,1-5H3/b28-16+. The maximum atomic E-state index is 13.3. The van der Waals surface area contributed by atoms with Crippen LogP contribution in [-0.4, -0.2) is 38.2 Å². The van der Waals surface area contributed by atoms with Gasteiger partial charge in [-0.05, 0) is 65.8 Å². The smallest absolute Gasteiger partial charge is 0.232 e. The monoisotopic (exact) mass is 499 g/mol. The van der Waals surface area contributed by atoms with Gasteiger partial charge in [-0.1, -0.05) is 44.2 Å². The van der Waals surface area contributed by atoms with Gasteiger partial charge >= 0.3 is 0 Å². The number of carbonyl (C=O) groups is 1. The Labute approximate surface area is 218 Å². The van der Waals surface area contributed by atoms with E-state index >= 15 is 0 Å². The Bertz CT molecular complexity index is 1360. The summed E-state index contributed by atoms with van der Waals surface area (Å²) in [5.41, 5.74) is 5.79. The summed E-state index contributed by atoms with van der Waals surface area (Å²) in [6.45, 7) is 8.19. The molecule has 0 amide bonds. The molecule has 0 saturated heterocycles. The third-order valence-corrected chi connectivity index (χ3v) is 7.05. The predicted molar refractivity (Wildman–Crippen MR) is 144 cm³/mol. The first-order valence-corrected chi connectivity index (χ1v) is 12.6. The van der Waals surface area contributed by atoms with Crippen LogP contribution in [0.2, 0.25) is 0 Å². The molecule has 0 atom stereocenters. The Morgan fingerprint density at radius 2 is 1.78 bits per heavy atom. The number of methoxy groups -OCH3 is 2. The summed E-state index contributed by atoms with van der Waals surface area (Å²) in [4.78, 5) is 15.5. The molecule has 6 nitrogen and oxygen atoms in total. The molecule has 2 aliphatic rings. The Morgan fingerprint density at radius 3 is 2.49 bits per heavy atom. The maximum absolute atomic E-state index is 13.3. The fraction of sp³-hybridized carbons (Fsp3) is 0.323. The van der Waals surface area contributed by atoms with Crippen molar-refractivity contribution in [2.45, 2.75) is 39.7 Å². The zero-order valence-electron chi connectivity index (χ0n) is 22.1. The second-order valence-corrected chi connectivity index (χ2v) is 9.90. The van der Waals surface area contributed by atoms with Gasteiger partial charge in [0, 0.05) is 13.1 Å². The van der Waals surface area contributed by atoms with Crippen LogP contribution in [0.15, 0.2) is 54.3 Å².